The van der Waals surface area contributed by atoms with Crippen LogP contribution < -0.4 is 15.4 Å². The Morgan fingerprint density at radius 3 is 2.77 bits per heavy atom. The average Bonchev–Trinajstić information content (AvgIpc) is 3.55. The van der Waals surface area contributed by atoms with Gasteiger partial charge in [0.05, 0.1) is 23.6 Å². The van der Waals surface area contributed by atoms with Crippen LogP contribution in [-0.2, 0) is 14.6 Å². The molecule has 0 spiro atoms. The topological polar surface area (TPSA) is 118 Å². The number of piperazine rings is 1. The molecule has 11 heteroatoms. The molecule has 40 heavy (non-hydrogen) atoms. The van der Waals surface area contributed by atoms with E-state index in [-0.39, 0.29) is 29.4 Å². The Labute approximate surface area is 235 Å². The molecule has 2 N–H and O–H groups in total. The molecule has 1 saturated carbocycles. The van der Waals surface area contributed by atoms with Crippen LogP contribution in [0.15, 0.2) is 42.7 Å². The Balaban J connectivity index is 1.08. The zero-order valence-electron chi connectivity index (χ0n) is 23.0. The molecule has 1 unspecified atom stereocenters. The minimum absolute atomic E-state index is 0.0387. The largest absolute Gasteiger partial charge is 0.493 e. The molecule has 3 fully saturated rings. The van der Waals surface area contributed by atoms with Crippen LogP contribution in [0.2, 0.25) is 0 Å². The summed E-state index contributed by atoms with van der Waals surface area (Å²) in [6, 6.07) is 10.4. The third-order valence-corrected chi connectivity index (χ3v) is 10.3. The van der Waals surface area contributed by atoms with E-state index in [1.54, 1.807) is 6.20 Å². The van der Waals surface area contributed by atoms with Crippen LogP contribution in [0.3, 0.4) is 0 Å². The molecule has 3 aliphatic rings. The van der Waals surface area contributed by atoms with Crippen molar-refractivity contribution in [2.24, 2.45) is 11.8 Å². The molecule has 4 heterocycles. The summed E-state index contributed by atoms with van der Waals surface area (Å²) in [4.78, 5) is 24.3. The molecule has 3 aromatic rings. The van der Waals surface area contributed by atoms with E-state index in [1.807, 2.05) is 46.0 Å². The fourth-order valence-corrected chi connectivity index (χ4v) is 8.13. The minimum Gasteiger partial charge on any atom is -0.493 e. The van der Waals surface area contributed by atoms with Gasteiger partial charge in [0.15, 0.2) is 9.84 Å². The second-order valence-electron chi connectivity index (χ2n) is 11.5. The van der Waals surface area contributed by atoms with Crippen LogP contribution in [0, 0.1) is 11.8 Å². The summed E-state index contributed by atoms with van der Waals surface area (Å²) in [7, 11) is -2.93. The smallest absolute Gasteiger partial charge is 0.225 e. The van der Waals surface area contributed by atoms with Crippen molar-refractivity contribution < 1.29 is 17.9 Å². The van der Waals surface area contributed by atoms with Gasteiger partial charge in [-0.3, -0.25) is 4.79 Å². The third kappa shape index (κ3) is 5.95. The van der Waals surface area contributed by atoms with Crippen LogP contribution in [0.1, 0.15) is 39.0 Å². The SMILES string of the molecule is C[C@H]1CN(C(=O)[C@H]2CC[C@H](Nc3nccc(-n4ccc5c(OCC6CCS(=O)(=O)C6)cccc54)n3)CC2)CCN1. The number of hydrogen-bond acceptors (Lipinski definition) is 8. The zero-order valence-corrected chi connectivity index (χ0v) is 23.8. The molecular formula is C29H38N6O4S. The van der Waals surface area contributed by atoms with Gasteiger partial charge < -0.3 is 24.8 Å². The van der Waals surface area contributed by atoms with Gasteiger partial charge in [-0.1, -0.05) is 6.07 Å². The van der Waals surface area contributed by atoms with E-state index in [4.69, 9.17) is 9.72 Å². The van der Waals surface area contributed by atoms with E-state index < -0.39 is 9.84 Å². The molecule has 1 amide bonds. The number of nitrogens with zero attached hydrogens (tertiary/aromatic N) is 4. The maximum absolute atomic E-state index is 13.0. The zero-order chi connectivity index (χ0) is 27.7. The molecule has 2 atom stereocenters. The number of amides is 1. The number of hydrogen-bond donors (Lipinski definition) is 2. The fraction of sp³-hybridized carbons (Fsp3) is 0.552. The van der Waals surface area contributed by atoms with Crippen molar-refractivity contribution >= 4 is 32.6 Å². The van der Waals surface area contributed by atoms with Gasteiger partial charge in [-0.2, -0.15) is 4.98 Å². The van der Waals surface area contributed by atoms with Crippen molar-refractivity contribution in [1.29, 1.82) is 0 Å². The van der Waals surface area contributed by atoms with E-state index in [2.05, 4.69) is 22.5 Å². The molecule has 2 aromatic heterocycles. The normalized spacial score (nSPS) is 26.6. The standard InChI is InChI=1S/C29H38N6O4S/c1-20-17-34(15-13-30-20)28(36)22-5-7-23(8-6-22)32-29-31-12-9-27(33-29)35-14-10-24-25(35)3-2-4-26(24)39-18-21-11-16-40(37,38)19-21/h2-4,9-10,12,14,20-23,30H,5-8,11,13,15-19H2,1H3,(H,31,32,33)/t20-,21?,22-,23-/m0/s1. The van der Waals surface area contributed by atoms with E-state index >= 15 is 0 Å². The summed E-state index contributed by atoms with van der Waals surface area (Å²) in [6.07, 6.45) is 7.99. The number of carbonyl (C=O) groups excluding carboxylic acids is 1. The highest BCUT2D eigenvalue weighted by atomic mass is 32.2. The van der Waals surface area contributed by atoms with Gasteiger partial charge in [-0.05, 0) is 63.3 Å². The van der Waals surface area contributed by atoms with E-state index in [9.17, 15) is 13.2 Å². The minimum atomic E-state index is -2.93. The molecule has 2 saturated heterocycles. The Morgan fingerprint density at radius 2 is 2.00 bits per heavy atom. The molecule has 0 radical (unpaired) electrons. The van der Waals surface area contributed by atoms with Gasteiger partial charge in [0.2, 0.25) is 11.9 Å². The highest BCUT2D eigenvalue weighted by molar-refractivity contribution is 7.91. The quantitative estimate of drug-likeness (QED) is 0.448. The van der Waals surface area contributed by atoms with Gasteiger partial charge in [0, 0.05) is 61.3 Å². The first-order valence-electron chi connectivity index (χ1n) is 14.4. The lowest BCUT2D eigenvalue weighted by atomic mass is 9.85. The lowest BCUT2D eigenvalue weighted by Crippen LogP contribution is -2.53. The number of carbonyl (C=O) groups is 1. The van der Waals surface area contributed by atoms with Crippen molar-refractivity contribution in [1.82, 2.24) is 24.8 Å². The first-order valence-corrected chi connectivity index (χ1v) is 16.2. The maximum Gasteiger partial charge on any atom is 0.225 e. The van der Waals surface area contributed by atoms with Gasteiger partial charge in [-0.25, -0.2) is 13.4 Å². The van der Waals surface area contributed by atoms with Crippen molar-refractivity contribution in [2.45, 2.75) is 51.1 Å². The van der Waals surface area contributed by atoms with E-state index in [0.717, 1.165) is 67.8 Å². The summed E-state index contributed by atoms with van der Waals surface area (Å²) < 4.78 is 31.7. The van der Waals surface area contributed by atoms with E-state index in [1.165, 1.54) is 0 Å². The van der Waals surface area contributed by atoms with Gasteiger partial charge >= 0.3 is 0 Å². The molecular weight excluding hydrogens is 528 g/mol. The molecule has 2 aliphatic heterocycles. The molecule has 0 bridgehead atoms. The van der Waals surface area contributed by atoms with Crippen LogP contribution >= 0.6 is 0 Å². The lowest BCUT2D eigenvalue weighted by molar-refractivity contribution is -0.137. The van der Waals surface area contributed by atoms with Crippen LogP contribution in [0.4, 0.5) is 5.95 Å². The molecule has 10 nitrogen and oxygen atoms in total. The summed E-state index contributed by atoms with van der Waals surface area (Å²) >= 11 is 0. The third-order valence-electron chi connectivity index (χ3n) is 8.47. The van der Waals surface area contributed by atoms with Crippen molar-refractivity contribution in [3.8, 4) is 11.6 Å². The number of rotatable bonds is 7. The molecule has 1 aliphatic carbocycles. The van der Waals surface area contributed by atoms with Crippen molar-refractivity contribution in [3.05, 3.63) is 42.7 Å². The Hall–Kier alpha value is -3.18. The number of anilines is 1. The van der Waals surface area contributed by atoms with Crippen LogP contribution in [-0.4, -0.2) is 83.6 Å². The number of nitrogens with one attached hydrogen (secondary N) is 2. The average molecular weight is 567 g/mol. The van der Waals surface area contributed by atoms with Crippen molar-refractivity contribution in [2.75, 3.05) is 43.1 Å². The Kier molecular flexibility index (Phi) is 7.67. The summed E-state index contributed by atoms with van der Waals surface area (Å²) in [5, 5.41) is 7.86. The highest BCUT2D eigenvalue weighted by Gasteiger charge is 2.31. The predicted octanol–water partition coefficient (Wildman–Crippen LogP) is 3.03. The second-order valence-corrected chi connectivity index (χ2v) is 13.8. The Bertz CT molecular complexity index is 1470. The number of ether oxygens (including phenoxy) is 1. The van der Waals surface area contributed by atoms with Gasteiger partial charge in [0.1, 0.15) is 11.6 Å². The van der Waals surface area contributed by atoms with E-state index in [0.29, 0.717) is 30.9 Å². The number of sulfone groups is 1. The van der Waals surface area contributed by atoms with Crippen molar-refractivity contribution in [3.63, 3.8) is 0 Å². The second kappa shape index (κ2) is 11.4. The first kappa shape index (κ1) is 27.0. The number of benzene rings is 1. The molecule has 1 aromatic carbocycles. The summed E-state index contributed by atoms with van der Waals surface area (Å²) in [5.41, 5.74) is 0.961. The Morgan fingerprint density at radius 1 is 1.15 bits per heavy atom. The van der Waals surface area contributed by atoms with Gasteiger partial charge in [0.25, 0.3) is 0 Å². The monoisotopic (exact) mass is 566 g/mol. The maximum atomic E-state index is 13.0. The summed E-state index contributed by atoms with van der Waals surface area (Å²) in [6.45, 7) is 4.99. The number of aromatic nitrogens is 3. The number of fused-ring (bicyclic) bond motifs is 1. The predicted molar refractivity (Wildman–Crippen MR) is 155 cm³/mol. The van der Waals surface area contributed by atoms with Crippen LogP contribution in [0.5, 0.6) is 5.75 Å². The van der Waals surface area contributed by atoms with Crippen LogP contribution in [0.25, 0.3) is 16.7 Å². The fourth-order valence-electron chi connectivity index (χ4n) is 6.29. The lowest BCUT2D eigenvalue weighted by Gasteiger charge is -2.36. The highest BCUT2D eigenvalue weighted by Crippen LogP contribution is 2.31. The van der Waals surface area contributed by atoms with Gasteiger partial charge in [-0.15, -0.1) is 0 Å². The molecule has 214 valence electrons. The molecule has 6 rings (SSSR count). The summed E-state index contributed by atoms with van der Waals surface area (Å²) in [5.74, 6) is 2.99. The first-order chi connectivity index (χ1) is 19.3.